The number of hydrogen-bond donors (Lipinski definition) is 2. The van der Waals surface area contributed by atoms with Crippen LogP contribution < -0.4 is 11.1 Å². The van der Waals surface area contributed by atoms with Crippen LogP contribution >= 0.6 is 0 Å². The summed E-state index contributed by atoms with van der Waals surface area (Å²) >= 11 is 0. The highest BCUT2D eigenvalue weighted by atomic mass is 16.2. The Morgan fingerprint density at radius 1 is 1.33 bits per heavy atom. The second-order valence-corrected chi connectivity index (χ2v) is 5.99. The van der Waals surface area contributed by atoms with Crippen molar-refractivity contribution in [2.45, 2.75) is 32.4 Å². The minimum Gasteiger partial charge on any atom is -0.399 e. The molecule has 1 amide bonds. The maximum atomic E-state index is 12.4. The summed E-state index contributed by atoms with van der Waals surface area (Å²) in [7, 11) is 2.14. The summed E-state index contributed by atoms with van der Waals surface area (Å²) in [5, 5.41) is 2.97. The molecule has 5 nitrogen and oxygen atoms in total. The number of likely N-dealkylation sites (N-methyl/N-ethyl adjacent to an activating group) is 1. The van der Waals surface area contributed by atoms with Gasteiger partial charge in [0.2, 0.25) is 5.91 Å². The standard InChI is InChI=1S/C16H26N4O/c1-12-11-19(3)9-4-10-20(12)13(2)16(21)18-15-7-5-14(17)6-8-15/h5-8,12-13H,4,9-11,17H2,1-3H3,(H,18,21). The monoisotopic (exact) mass is 290 g/mol. The molecule has 1 aromatic carbocycles. The second-order valence-electron chi connectivity index (χ2n) is 5.99. The molecule has 1 aliphatic rings. The minimum atomic E-state index is -0.135. The number of carbonyl (C=O) groups is 1. The number of anilines is 2. The summed E-state index contributed by atoms with van der Waals surface area (Å²) < 4.78 is 0. The molecular weight excluding hydrogens is 264 g/mol. The highest BCUT2D eigenvalue weighted by Crippen LogP contribution is 2.15. The number of nitrogens with zero attached hydrogens (tertiary/aromatic N) is 2. The predicted molar refractivity (Wildman–Crippen MR) is 87.2 cm³/mol. The molecule has 0 bridgehead atoms. The Balaban J connectivity index is 1.99. The molecule has 1 saturated heterocycles. The van der Waals surface area contributed by atoms with Crippen LogP contribution in [0.5, 0.6) is 0 Å². The number of carbonyl (C=O) groups excluding carboxylic acids is 1. The lowest BCUT2D eigenvalue weighted by molar-refractivity contribution is -0.121. The van der Waals surface area contributed by atoms with Crippen molar-refractivity contribution in [3.8, 4) is 0 Å². The average molecular weight is 290 g/mol. The summed E-state index contributed by atoms with van der Waals surface area (Å²) in [4.78, 5) is 17.1. The normalized spacial score (nSPS) is 22.5. The molecular formula is C16H26N4O. The van der Waals surface area contributed by atoms with Gasteiger partial charge in [0.15, 0.2) is 0 Å². The summed E-state index contributed by atoms with van der Waals surface area (Å²) in [6, 6.07) is 7.50. The maximum Gasteiger partial charge on any atom is 0.241 e. The van der Waals surface area contributed by atoms with Crippen LogP contribution in [0.15, 0.2) is 24.3 Å². The number of nitrogens with two attached hydrogens (primary N) is 1. The zero-order valence-corrected chi connectivity index (χ0v) is 13.2. The second kappa shape index (κ2) is 6.91. The van der Waals surface area contributed by atoms with Crippen LogP contribution in [0.1, 0.15) is 20.3 Å². The van der Waals surface area contributed by atoms with Gasteiger partial charge in [0, 0.05) is 30.5 Å². The number of nitrogen functional groups attached to an aromatic ring is 1. The van der Waals surface area contributed by atoms with Crippen LogP contribution in [0, 0.1) is 0 Å². The number of amides is 1. The Morgan fingerprint density at radius 3 is 2.67 bits per heavy atom. The third-order valence-electron chi connectivity index (χ3n) is 4.15. The van der Waals surface area contributed by atoms with Crippen LogP contribution in [0.2, 0.25) is 0 Å². The molecule has 21 heavy (non-hydrogen) atoms. The summed E-state index contributed by atoms with van der Waals surface area (Å²) in [5.74, 6) is 0.0381. The minimum absolute atomic E-state index is 0.0381. The van der Waals surface area contributed by atoms with Crippen molar-refractivity contribution in [1.29, 1.82) is 0 Å². The van der Waals surface area contributed by atoms with E-state index in [-0.39, 0.29) is 11.9 Å². The van der Waals surface area contributed by atoms with Gasteiger partial charge < -0.3 is 16.0 Å². The predicted octanol–water partition coefficient (Wildman–Crippen LogP) is 1.62. The molecule has 0 saturated carbocycles. The van der Waals surface area contributed by atoms with Crippen molar-refractivity contribution in [2.75, 3.05) is 37.7 Å². The molecule has 5 heteroatoms. The van der Waals surface area contributed by atoms with E-state index >= 15 is 0 Å². The molecule has 0 aromatic heterocycles. The van der Waals surface area contributed by atoms with E-state index in [1.807, 2.05) is 19.1 Å². The van der Waals surface area contributed by atoms with Crippen molar-refractivity contribution >= 4 is 17.3 Å². The lowest BCUT2D eigenvalue weighted by Gasteiger charge is -2.32. The van der Waals surface area contributed by atoms with Crippen molar-refractivity contribution < 1.29 is 4.79 Å². The number of hydrogen-bond acceptors (Lipinski definition) is 4. The molecule has 2 rings (SSSR count). The Bertz CT molecular complexity index is 474. The molecule has 0 spiro atoms. The lowest BCUT2D eigenvalue weighted by Crippen LogP contribution is -2.48. The third-order valence-corrected chi connectivity index (χ3v) is 4.15. The maximum absolute atomic E-state index is 12.4. The van der Waals surface area contributed by atoms with Crippen molar-refractivity contribution in [3.63, 3.8) is 0 Å². The zero-order valence-electron chi connectivity index (χ0n) is 13.2. The highest BCUT2D eigenvalue weighted by molar-refractivity contribution is 5.94. The molecule has 0 radical (unpaired) electrons. The van der Waals surface area contributed by atoms with Crippen LogP contribution in [-0.4, -0.2) is 54.5 Å². The van der Waals surface area contributed by atoms with E-state index in [0.29, 0.717) is 11.7 Å². The molecule has 0 aliphatic carbocycles. The number of rotatable bonds is 3. The van der Waals surface area contributed by atoms with Gasteiger partial charge in [-0.2, -0.15) is 0 Å². The van der Waals surface area contributed by atoms with Gasteiger partial charge in [-0.05, 0) is 58.1 Å². The Morgan fingerprint density at radius 2 is 2.00 bits per heavy atom. The molecule has 116 valence electrons. The molecule has 1 fully saturated rings. The van der Waals surface area contributed by atoms with E-state index < -0.39 is 0 Å². The fraction of sp³-hybridized carbons (Fsp3) is 0.562. The summed E-state index contributed by atoms with van der Waals surface area (Å²) in [5.41, 5.74) is 7.15. The Kier molecular flexibility index (Phi) is 5.20. The summed E-state index contributed by atoms with van der Waals surface area (Å²) in [6.07, 6.45) is 1.10. The topological polar surface area (TPSA) is 61.6 Å². The van der Waals surface area contributed by atoms with Gasteiger partial charge in [-0.25, -0.2) is 0 Å². The van der Waals surface area contributed by atoms with Gasteiger partial charge in [-0.1, -0.05) is 0 Å². The molecule has 1 aliphatic heterocycles. The number of benzene rings is 1. The van der Waals surface area contributed by atoms with Gasteiger partial charge >= 0.3 is 0 Å². The first-order chi connectivity index (χ1) is 9.97. The van der Waals surface area contributed by atoms with E-state index in [1.54, 1.807) is 12.1 Å². The molecule has 1 heterocycles. The smallest absolute Gasteiger partial charge is 0.241 e. The highest BCUT2D eigenvalue weighted by Gasteiger charge is 2.28. The van der Waals surface area contributed by atoms with Crippen LogP contribution in [0.4, 0.5) is 11.4 Å². The van der Waals surface area contributed by atoms with Crippen molar-refractivity contribution in [3.05, 3.63) is 24.3 Å². The fourth-order valence-corrected chi connectivity index (χ4v) is 2.93. The first kappa shape index (κ1) is 15.8. The lowest BCUT2D eigenvalue weighted by atomic mass is 10.1. The van der Waals surface area contributed by atoms with Gasteiger partial charge in [-0.15, -0.1) is 0 Å². The molecule has 3 N–H and O–H groups in total. The van der Waals surface area contributed by atoms with Gasteiger partial charge in [0.25, 0.3) is 0 Å². The third kappa shape index (κ3) is 4.19. The average Bonchev–Trinajstić information content (AvgIpc) is 2.61. The fourth-order valence-electron chi connectivity index (χ4n) is 2.93. The SMILES string of the molecule is CC1CN(C)CCCN1C(C)C(=O)Nc1ccc(N)cc1. The van der Waals surface area contributed by atoms with E-state index in [1.165, 1.54) is 0 Å². The van der Waals surface area contributed by atoms with Gasteiger partial charge in [-0.3, -0.25) is 9.69 Å². The quantitative estimate of drug-likeness (QED) is 0.831. The zero-order chi connectivity index (χ0) is 15.4. The van der Waals surface area contributed by atoms with Crippen LogP contribution in [0.3, 0.4) is 0 Å². The summed E-state index contributed by atoms with van der Waals surface area (Å²) in [6.45, 7) is 7.22. The van der Waals surface area contributed by atoms with E-state index in [9.17, 15) is 4.79 Å². The largest absolute Gasteiger partial charge is 0.399 e. The van der Waals surface area contributed by atoms with Crippen molar-refractivity contribution in [2.24, 2.45) is 0 Å². The van der Waals surface area contributed by atoms with Crippen LogP contribution in [-0.2, 0) is 4.79 Å². The van der Waals surface area contributed by atoms with Crippen LogP contribution in [0.25, 0.3) is 0 Å². The number of nitrogens with one attached hydrogen (secondary N) is 1. The van der Waals surface area contributed by atoms with E-state index in [0.717, 1.165) is 31.7 Å². The Labute approximate surface area is 127 Å². The molecule has 1 aromatic rings. The molecule has 2 atom stereocenters. The first-order valence-corrected chi connectivity index (χ1v) is 7.58. The Hall–Kier alpha value is -1.59. The molecule has 2 unspecified atom stereocenters. The van der Waals surface area contributed by atoms with E-state index in [4.69, 9.17) is 5.73 Å². The van der Waals surface area contributed by atoms with Crippen molar-refractivity contribution in [1.82, 2.24) is 9.80 Å². The first-order valence-electron chi connectivity index (χ1n) is 7.58. The van der Waals surface area contributed by atoms with Gasteiger partial charge in [0.05, 0.1) is 6.04 Å². The van der Waals surface area contributed by atoms with Gasteiger partial charge in [0.1, 0.15) is 0 Å². The van der Waals surface area contributed by atoms with E-state index in [2.05, 4.69) is 29.1 Å².